The van der Waals surface area contributed by atoms with Gasteiger partial charge in [0.2, 0.25) is 0 Å². The number of likely N-dealkylation sites (N-methyl/N-ethyl adjacent to an activating group) is 1. The van der Waals surface area contributed by atoms with Gasteiger partial charge in [0, 0.05) is 37.1 Å². The summed E-state index contributed by atoms with van der Waals surface area (Å²) in [5.74, 6) is 0. The third-order valence-electron chi connectivity index (χ3n) is 3.72. The van der Waals surface area contributed by atoms with Crippen LogP contribution < -0.4 is 0 Å². The lowest BCUT2D eigenvalue weighted by Gasteiger charge is -2.11. The molecule has 0 N–H and O–H groups in total. The lowest BCUT2D eigenvalue weighted by atomic mass is 10.1. The van der Waals surface area contributed by atoms with E-state index < -0.39 is 0 Å². The van der Waals surface area contributed by atoms with Gasteiger partial charge in [0.1, 0.15) is 0 Å². The van der Waals surface area contributed by atoms with Crippen molar-refractivity contribution in [2.24, 2.45) is 0 Å². The van der Waals surface area contributed by atoms with Crippen molar-refractivity contribution in [1.82, 2.24) is 9.88 Å². The van der Waals surface area contributed by atoms with E-state index >= 15 is 0 Å². The third-order valence-corrected chi connectivity index (χ3v) is 3.72. The molecule has 0 saturated heterocycles. The minimum absolute atomic E-state index is 0.966. The fraction of sp³-hybridized carbons (Fsp3) is 0.158. The zero-order valence-corrected chi connectivity index (χ0v) is 12.6. The highest BCUT2D eigenvalue weighted by molar-refractivity contribution is 6.00. The second kappa shape index (κ2) is 5.08. The Morgan fingerprint density at radius 3 is 2.52 bits per heavy atom. The van der Waals surface area contributed by atoms with Crippen molar-refractivity contribution in [3.8, 4) is 11.1 Å². The second-order valence-corrected chi connectivity index (χ2v) is 5.40. The maximum atomic E-state index is 4.45. The highest BCUT2D eigenvalue weighted by atomic mass is 15.1. The summed E-state index contributed by atoms with van der Waals surface area (Å²) in [5, 5.41) is 0. The minimum Gasteiger partial charge on any atom is -0.371 e. The summed E-state index contributed by atoms with van der Waals surface area (Å²) in [6.45, 7) is 5.90. The molecule has 3 rings (SSSR count). The van der Waals surface area contributed by atoms with E-state index in [0.29, 0.717) is 0 Å². The molecule has 0 bridgehead atoms. The first-order chi connectivity index (χ1) is 10.1. The Bertz CT molecular complexity index is 791. The van der Waals surface area contributed by atoms with Crippen LogP contribution in [0.5, 0.6) is 0 Å². The van der Waals surface area contributed by atoms with Gasteiger partial charge < -0.3 is 4.90 Å². The molecule has 0 amide bonds. The molecule has 21 heavy (non-hydrogen) atoms. The first-order valence-corrected chi connectivity index (χ1v) is 6.99. The molecule has 1 aliphatic rings. The molecule has 0 unspecified atom stereocenters. The number of fused-ring (bicyclic) bond motifs is 3. The fourth-order valence-electron chi connectivity index (χ4n) is 2.67. The van der Waals surface area contributed by atoms with Gasteiger partial charge in [-0.05, 0) is 35.8 Å². The Balaban J connectivity index is 2.38. The van der Waals surface area contributed by atoms with Gasteiger partial charge in [-0.3, -0.25) is 4.98 Å². The van der Waals surface area contributed by atoms with E-state index in [9.17, 15) is 0 Å². The molecular weight excluding hydrogens is 256 g/mol. The van der Waals surface area contributed by atoms with Crippen molar-refractivity contribution in [2.45, 2.75) is 6.92 Å². The van der Waals surface area contributed by atoms with E-state index in [1.807, 2.05) is 38.2 Å². The summed E-state index contributed by atoms with van der Waals surface area (Å²) < 4.78 is 0. The molecule has 2 aromatic rings. The standard InChI is InChI=1S/C19H18N2/c1-5-14(21(3)4)11-18-16-9-7-6-8-15(16)17-10-13(2)20-12-19(17)18/h5-10,12H,1H2,2-4H3. The predicted molar refractivity (Wildman–Crippen MR) is 87.8 cm³/mol. The first kappa shape index (κ1) is 13.4. The largest absolute Gasteiger partial charge is 0.371 e. The van der Waals surface area contributed by atoms with Crippen molar-refractivity contribution in [3.05, 3.63) is 77.4 Å². The highest BCUT2D eigenvalue weighted by Crippen LogP contribution is 2.43. The Hall–Kier alpha value is -2.57. The Labute approximate surface area is 125 Å². The number of pyridine rings is 1. The summed E-state index contributed by atoms with van der Waals surface area (Å²) in [6, 6.07) is 10.6. The van der Waals surface area contributed by atoms with E-state index in [0.717, 1.165) is 22.5 Å². The number of rotatable bonds is 2. The molecule has 0 aliphatic heterocycles. The summed E-state index contributed by atoms with van der Waals surface area (Å²) >= 11 is 0. The Morgan fingerprint density at radius 1 is 1.14 bits per heavy atom. The Morgan fingerprint density at radius 2 is 1.86 bits per heavy atom. The smallest absolute Gasteiger partial charge is 0.0795 e. The quantitative estimate of drug-likeness (QED) is 0.518. The molecule has 0 atom stereocenters. The number of hydrogen-bond donors (Lipinski definition) is 0. The second-order valence-electron chi connectivity index (χ2n) is 5.40. The van der Waals surface area contributed by atoms with Gasteiger partial charge in [-0.1, -0.05) is 36.6 Å². The van der Waals surface area contributed by atoms with Crippen LogP contribution in [0.4, 0.5) is 0 Å². The van der Waals surface area contributed by atoms with E-state index in [1.165, 1.54) is 16.7 Å². The summed E-state index contributed by atoms with van der Waals surface area (Å²) in [7, 11) is 4.00. The van der Waals surface area contributed by atoms with E-state index in [-0.39, 0.29) is 0 Å². The number of aromatic nitrogens is 1. The lowest BCUT2D eigenvalue weighted by molar-refractivity contribution is 0.532. The monoisotopic (exact) mass is 274 g/mol. The van der Waals surface area contributed by atoms with Crippen LogP contribution in [0, 0.1) is 6.92 Å². The zero-order chi connectivity index (χ0) is 15.0. The number of benzene rings is 1. The first-order valence-electron chi connectivity index (χ1n) is 6.99. The van der Waals surface area contributed by atoms with Crippen LogP contribution in [0.15, 0.2) is 60.6 Å². The fourth-order valence-corrected chi connectivity index (χ4v) is 2.67. The number of nitrogens with zero attached hydrogens (tertiary/aromatic N) is 2. The van der Waals surface area contributed by atoms with Gasteiger partial charge in [0.25, 0.3) is 0 Å². The maximum Gasteiger partial charge on any atom is 0.0795 e. The zero-order valence-electron chi connectivity index (χ0n) is 12.6. The third kappa shape index (κ3) is 2.20. The lowest BCUT2D eigenvalue weighted by Crippen LogP contribution is -2.08. The topological polar surface area (TPSA) is 16.1 Å². The number of allylic oxidation sites excluding steroid dienone is 1. The molecule has 1 heterocycles. The highest BCUT2D eigenvalue weighted by Gasteiger charge is 2.23. The van der Waals surface area contributed by atoms with Crippen molar-refractivity contribution in [1.29, 1.82) is 0 Å². The van der Waals surface area contributed by atoms with Crippen molar-refractivity contribution >= 4 is 5.57 Å². The van der Waals surface area contributed by atoms with E-state index in [2.05, 4.69) is 47.6 Å². The summed E-state index contributed by atoms with van der Waals surface area (Å²) in [4.78, 5) is 6.47. The van der Waals surface area contributed by atoms with Crippen LogP contribution in [0.3, 0.4) is 0 Å². The molecule has 1 aliphatic carbocycles. The van der Waals surface area contributed by atoms with Crippen LogP contribution in [-0.2, 0) is 0 Å². The molecular formula is C19H18N2. The molecule has 104 valence electrons. The predicted octanol–water partition coefficient (Wildman–Crippen LogP) is 4.03. The average molecular weight is 274 g/mol. The molecule has 0 spiro atoms. The van der Waals surface area contributed by atoms with Crippen LogP contribution in [0.2, 0.25) is 0 Å². The van der Waals surface area contributed by atoms with Crippen molar-refractivity contribution in [3.63, 3.8) is 0 Å². The van der Waals surface area contributed by atoms with E-state index in [1.54, 1.807) is 0 Å². The van der Waals surface area contributed by atoms with Crippen molar-refractivity contribution < 1.29 is 0 Å². The van der Waals surface area contributed by atoms with E-state index in [4.69, 9.17) is 0 Å². The van der Waals surface area contributed by atoms with Gasteiger partial charge >= 0.3 is 0 Å². The van der Waals surface area contributed by atoms with Gasteiger partial charge in [0.05, 0.1) is 5.70 Å². The van der Waals surface area contributed by atoms with Crippen LogP contribution >= 0.6 is 0 Å². The number of aryl methyl sites for hydroxylation is 1. The van der Waals surface area contributed by atoms with Gasteiger partial charge in [-0.15, -0.1) is 0 Å². The van der Waals surface area contributed by atoms with Gasteiger partial charge in [-0.2, -0.15) is 0 Å². The maximum absolute atomic E-state index is 4.45. The minimum atomic E-state index is 0.966. The normalized spacial score (nSPS) is 11.5. The summed E-state index contributed by atoms with van der Waals surface area (Å²) in [6.07, 6.45) is 3.78. The SMILES string of the molecule is C=CC(=C=C1c2ccccc2-c2cc(C)ncc21)N(C)C. The van der Waals surface area contributed by atoms with Crippen LogP contribution in [-0.4, -0.2) is 24.0 Å². The van der Waals surface area contributed by atoms with Gasteiger partial charge in [0.15, 0.2) is 0 Å². The Kier molecular flexibility index (Phi) is 3.25. The average Bonchev–Trinajstić information content (AvgIpc) is 2.78. The molecule has 2 heteroatoms. The van der Waals surface area contributed by atoms with Crippen LogP contribution in [0.1, 0.15) is 16.8 Å². The molecule has 0 saturated carbocycles. The molecule has 1 aromatic carbocycles. The summed E-state index contributed by atoms with van der Waals surface area (Å²) in [5.41, 5.74) is 11.4. The molecule has 1 aromatic heterocycles. The molecule has 2 nitrogen and oxygen atoms in total. The number of hydrogen-bond acceptors (Lipinski definition) is 2. The van der Waals surface area contributed by atoms with Gasteiger partial charge in [-0.25, -0.2) is 0 Å². The molecule has 0 radical (unpaired) electrons. The van der Waals surface area contributed by atoms with Crippen LogP contribution in [0.25, 0.3) is 16.7 Å². The molecule has 0 fully saturated rings. The van der Waals surface area contributed by atoms with Crippen molar-refractivity contribution in [2.75, 3.05) is 14.1 Å².